The summed E-state index contributed by atoms with van der Waals surface area (Å²) in [6.07, 6.45) is -0.0637. The lowest BCUT2D eigenvalue weighted by molar-refractivity contribution is -0.148. The van der Waals surface area contributed by atoms with E-state index >= 15 is 0 Å². The smallest absolute Gasteiger partial charge is 0.307 e. The molecule has 1 aromatic rings. The number of ether oxygens (including phenoxy) is 1. The second-order valence-electron chi connectivity index (χ2n) is 4.99. The van der Waals surface area contributed by atoms with Crippen LogP contribution in [0.2, 0.25) is 5.02 Å². The van der Waals surface area contributed by atoms with Gasteiger partial charge in [0.05, 0.1) is 13.0 Å². The third kappa shape index (κ3) is 3.96. The number of rotatable bonds is 5. The van der Waals surface area contributed by atoms with Gasteiger partial charge < -0.3 is 10.1 Å². The summed E-state index contributed by atoms with van der Waals surface area (Å²) in [6.45, 7) is 3.09. The van der Waals surface area contributed by atoms with Crippen molar-refractivity contribution in [3.63, 3.8) is 0 Å². The summed E-state index contributed by atoms with van der Waals surface area (Å²) in [5.74, 6) is -1.13. The molecule has 22 heavy (non-hydrogen) atoms. The molecule has 2 rings (SSSR count). The van der Waals surface area contributed by atoms with Crippen LogP contribution >= 0.6 is 11.6 Å². The fourth-order valence-electron chi connectivity index (χ4n) is 2.44. The fourth-order valence-corrected chi connectivity index (χ4v) is 2.66. The summed E-state index contributed by atoms with van der Waals surface area (Å²) >= 11 is 6.03. The zero-order chi connectivity index (χ0) is 16.1. The van der Waals surface area contributed by atoms with Gasteiger partial charge in [0.1, 0.15) is 11.9 Å². The van der Waals surface area contributed by atoms with Crippen molar-refractivity contribution in [3.05, 3.63) is 34.6 Å². The third-order valence-electron chi connectivity index (χ3n) is 3.53. The number of nitrogens with zero attached hydrogens (tertiary/aromatic N) is 1. The number of esters is 1. The molecule has 0 aliphatic carbocycles. The molecule has 5 nitrogen and oxygen atoms in total. The van der Waals surface area contributed by atoms with Crippen LogP contribution in [0.5, 0.6) is 0 Å². The Kier molecular flexibility index (Phi) is 5.74. The fraction of sp³-hybridized carbons (Fsp3) is 0.467. The highest BCUT2D eigenvalue weighted by Gasteiger charge is 2.32. The minimum atomic E-state index is -0.677. The zero-order valence-electron chi connectivity index (χ0n) is 12.3. The largest absolute Gasteiger partial charge is 0.466 e. The number of nitrogens with one attached hydrogen (secondary N) is 1. The van der Waals surface area contributed by atoms with E-state index in [0.29, 0.717) is 23.7 Å². The number of piperazine rings is 1. The van der Waals surface area contributed by atoms with E-state index in [9.17, 15) is 14.0 Å². The minimum absolute atomic E-state index is 0.0637. The Bertz CT molecular complexity index is 547. The van der Waals surface area contributed by atoms with Gasteiger partial charge in [-0.05, 0) is 19.1 Å². The molecule has 1 aliphatic rings. The van der Waals surface area contributed by atoms with Crippen molar-refractivity contribution >= 4 is 23.5 Å². The molecule has 0 aromatic heterocycles. The Morgan fingerprint density at radius 3 is 3.00 bits per heavy atom. The molecule has 7 heteroatoms. The average molecular weight is 329 g/mol. The normalized spacial score (nSPS) is 18.9. The van der Waals surface area contributed by atoms with Gasteiger partial charge in [0.25, 0.3) is 0 Å². The molecule has 0 spiro atoms. The molecule has 0 radical (unpaired) electrons. The van der Waals surface area contributed by atoms with Crippen LogP contribution in [0.4, 0.5) is 4.39 Å². The first-order chi connectivity index (χ1) is 10.5. The van der Waals surface area contributed by atoms with Gasteiger partial charge in [-0.15, -0.1) is 0 Å². The van der Waals surface area contributed by atoms with E-state index < -0.39 is 17.8 Å². The summed E-state index contributed by atoms with van der Waals surface area (Å²) in [6, 6.07) is 3.78. The molecule has 1 saturated heterocycles. The zero-order valence-corrected chi connectivity index (χ0v) is 13.0. The molecule has 1 amide bonds. The number of hydrogen-bond acceptors (Lipinski definition) is 4. The Morgan fingerprint density at radius 1 is 1.55 bits per heavy atom. The molecule has 1 aromatic carbocycles. The topological polar surface area (TPSA) is 58.6 Å². The molecule has 0 bridgehead atoms. The third-order valence-corrected chi connectivity index (χ3v) is 3.88. The van der Waals surface area contributed by atoms with E-state index in [1.807, 2.05) is 0 Å². The van der Waals surface area contributed by atoms with Gasteiger partial charge in [-0.1, -0.05) is 17.7 Å². The van der Waals surface area contributed by atoms with Crippen molar-refractivity contribution in [1.82, 2.24) is 10.2 Å². The maximum atomic E-state index is 13.9. The van der Waals surface area contributed by atoms with Crippen LogP contribution in [-0.4, -0.2) is 42.5 Å². The van der Waals surface area contributed by atoms with Crippen molar-refractivity contribution in [2.45, 2.75) is 25.9 Å². The number of carbonyl (C=O) groups excluding carboxylic acids is 2. The number of amides is 1. The summed E-state index contributed by atoms with van der Waals surface area (Å²) in [4.78, 5) is 25.4. The average Bonchev–Trinajstić information content (AvgIpc) is 2.46. The minimum Gasteiger partial charge on any atom is -0.466 e. The standard InChI is InChI=1S/C15H18ClFN2O3/c1-2-22-14(20)8-13-15(21)18-6-7-19(13)9-10-11(16)4-3-5-12(10)17/h3-5,13H,2,6-9H2,1H3,(H,18,21)/t13-/m1/s1. The molecule has 120 valence electrons. The Labute approximate surface area is 133 Å². The highest BCUT2D eigenvalue weighted by molar-refractivity contribution is 6.31. The molecular formula is C15H18ClFN2O3. The maximum absolute atomic E-state index is 13.9. The molecule has 1 N–H and O–H groups in total. The van der Waals surface area contributed by atoms with Crippen molar-refractivity contribution < 1.29 is 18.7 Å². The Morgan fingerprint density at radius 2 is 2.32 bits per heavy atom. The molecular weight excluding hydrogens is 311 g/mol. The van der Waals surface area contributed by atoms with E-state index in [-0.39, 0.29) is 25.5 Å². The molecule has 0 unspecified atom stereocenters. The lowest BCUT2D eigenvalue weighted by Crippen LogP contribution is -2.55. The van der Waals surface area contributed by atoms with Crippen molar-refractivity contribution in [2.24, 2.45) is 0 Å². The highest BCUT2D eigenvalue weighted by atomic mass is 35.5. The van der Waals surface area contributed by atoms with Crippen LogP contribution in [0.25, 0.3) is 0 Å². The van der Waals surface area contributed by atoms with Gasteiger partial charge >= 0.3 is 5.97 Å². The second-order valence-corrected chi connectivity index (χ2v) is 5.39. The van der Waals surface area contributed by atoms with Gasteiger partial charge in [-0.3, -0.25) is 14.5 Å². The Balaban J connectivity index is 2.15. The highest BCUT2D eigenvalue weighted by Crippen LogP contribution is 2.23. The first-order valence-electron chi connectivity index (χ1n) is 7.13. The van der Waals surface area contributed by atoms with Crippen molar-refractivity contribution in [1.29, 1.82) is 0 Å². The van der Waals surface area contributed by atoms with Crippen LogP contribution < -0.4 is 5.32 Å². The van der Waals surface area contributed by atoms with Gasteiger partial charge in [0.15, 0.2) is 0 Å². The first kappa shape index (κ1) is 16.7. The molecule has 1 heterocycles. The monoisotopic (exact) mass is 328 g/mol. The maximum Gasteiger partial charge on any atom is 0.307 e. The van der Waals surface area contributed by atoms with Crippen LogP contribution in [0.3, 0.4) is 0 Å². The van der Waals surface area contributed by atoms with Crippen molar-refractivity contribution in [2.75, 3.05) is 19.7 Å². The number of hydrogen-bond donors (Lipinski definition) is 1. The summed E-state index contributed by atoms with van der Waals surface area (Å²) in [7, 11) is 0. The SMILES string of the molecule is CCOC(=O)C[C@@H]1C(=O)NCCN1Cc1c(F)cccc1Cl. The number of halogens is 2. The van der Waals surface area contributed by atoms with Crippen LogP contribution in [0, 0.1) is 5.82 Å². The van der Waals surface area contributed by atoms with Gasteiger partial charge in [0.2, 0.25) is 5.91 Å². The lowest BCUT2D eigenvalue weighted by atomic mass is 10.1. The molecule has 0 saturated carbocycles. The van der Waals surface area contributed by atoms with E-state index in [1.165, 1.54) is 12.1 Å². The summed E-state index contributed by atoms with van der Waals surface area (Å²) < 4.78 is 18.8. The quantitative estimate of drug-likeness (QED) is 0.836. The Hall–Kier alpha value is -1.66. The van der Waals surface area contributed by atoms with E-state index in [4.69, 9.17) is 16.3 Å². The second kappa shape index (κ2) is 7.56. The molecule has 1 atom stereocenters. The van der Waals surface area contributed by atoms with Gasteiger partial charge in [-0.25, -0.2) is 4.39 Å². The molecule has 1 aliphatic heterocycles. The van der Waals surface area contributed by atoms with Gasteiger partial charge in [-0.2, -0.15) is 0 Å². The first-order valence-corrected chi connectivity index (χ1v) is 7.51. The van der Waals surface area contributed by atoms with E-state index in [2.05, 4.69) is 5.32 Å². The summed E-state index contributed by atoms with van der Waals surface area (Å²) in [5, 5.41) is 3.02. The van der Waals surface area contributed by atoms with Crippen molar-refractivity contribution in [3.8, 4) is 0 Å². The van der Waals surface area contributed by atoms with Crippen LogP contribution in [0.15, 0.2) is 18.2 Å². The van der Waals surface area contributed by atoms with Crippen LogP contribution in [0.1, 0.15) is 18.9 Å². The number of carbonyl (C=O) groups is 2. The lowest BCUT2D eigenvalue weighted by Gasteiger charge is -2.34. The summed E-state index contributed by atoms with van der Waals surface area (Å²) in [5.41, 5.74) is 0.327. The molecule has 1 fully saturated rings. The van der Waals surface area contributed by atoms with E-state index in [0.717, 1.165) is 0 Å². The number of benzene rings is 1. The predicted molar refractivity (Wildman–Crippen MR) is 79.9 cm³/mol. The van der Waals surface area contributed by atoms with E-state index in [1.54, 1.807) is 17.9 Å². The van der Waals surface area contributed by atoms with Crippen LogP contribution in [-0.2, 0) is 20.9 Å². The predicted octanol–water partition coefficient (Wildman–Crippen LogP) is 1.73. The van der Waals surface area contributed by atoms with Gasteiger partial charge in [0, 0.05) is 30.2 Å².